The molecule has 1 saturated heterocycles. The first-order valence-corrected chi connectivity index (χ1v) is 8.53. The highest BCUT2D eigenvalue weighted by atomic mass is 32.2. The molecule has 0 spiro atoms. The van der Waals surface area contributed by atoms with E-state index in [0.717, 1.165) is 11.3 Å². The molecule has 1 fully saturated rings. The fourth-order valence-electron chi connectivity index (χ4n) is 1.81. The summed E-state index contributed by atoms with van der Waals surface area (Å²) in [7, 11) is -3.79. The van der Waals surface area contributed by atoms with Crippen molar-refractivity contribution >= 4 is 21.9 Å². The van der Waals surface area contributed by atoms with Gasteiger partial charge in [-0.05, 0) is 24.8 Å². The van der Waals surface area contributed by atoms with Crippen LogP contribution in [0.5, 0.6) is 0 Å². The SMILES string of the molecule is CCSC1(OS(=O)(=O)c2ccc(C)cc2)NCCN1. The molecule has 106 valence electrons. The Bertz CT molecular complexity index is 522. The number of hydrogen-bond donors (Lipinski definition) is 2. The van der Waals surface area contributed by atoms with E-state index < -0.39 is 15.3 Å². The van der Waals surface area contributed by atoms with Crippen LogP contribution < -0.4 is 10.6 Å². The molecular formula is C12H18N2O3S2. The molecule has 0 atom stereocenters. The van der Waals surface area contributed by atoms with Gasteiger partial charge in [0.1, 0.15) is 0 Å². The van der Waals surface area contributed by atoms with Crippen molar-refractivity contribution in [3.8, 4) is 0 Å². The van der Waals surface area contributed by atoms with E-state index in [1.165, 1.54) is 11.8 Å². The van der Waals surface area contributed by atoms with E-state index in [-0.39, 0.29) is 4.90 Å². The van der Waals surface area contributed by atoms with Gasteiger partial charge in [-0.15, -0.1) is 0 Å². The van der Waals surface area contributed by atoms with Crippen LogP contribution in [-0.4, -0.2) is 32.4 Å². The normalized spacial score (nSPS) is 18.6. The Kier molecular flexibility index (Phi) is 4.52. The molecule has 0 aromatic heterocycles. The van der Waals surface area contributed by atoms with Gasteiger partial charge in [0.2, 0.25) is 5.18 Å². The van der Waals surface area contributed by atoms with Crippen molar-refractivity contribution in [3.05, 3.63) is 29.8 Å². The van der Waals surface area contributed by atoms with E-state index in [1.54, 1.807) is 24.3 Å². The molecule has 7 heteroatoms. The Hall–Kier alpha value is -0.600. The summed E-state index contributed by atoms with van der Waals surface area (Å²) in [5.41, 5.74) is 1.01. The van der Waals surface area contributed by atoms with Crippen molar-refractivity contribution in [2.24, 2.45) is 0 Å². The summed E-state index contributed by atoms with van der Waals surface area (Å²) >= 11 is 1.39. The van der Waals surface area contributed by atoms with Crippen molar-refractivity contribution < 1.29 is 12.6 Å². The molecule has 0 saturated carbocycles. The average molecular weight is 302 g/mol. The largest absolute Gasteiger partial charge is 0.300 e. The summed E-state index contributed by atoms with van der Waals surface area (Å²) in [6.45, 7) is 5.22. The molecule has 0 amide bonds. The first-order chi connectivity index (χ1) is 8.97. The van der Waals surface area contributed by atoms with Crippen LogP contribution in [0.3, 0.4) is 0 Å². The standard InChI is InChI=1S/C12H18N2O3S2/c1-3-18-12(13-8-9-14-12)17-19(15,16)11-6-4-10(2)5-7-11/h4-7,13-14H,3,8-9H2,1-2H3. The number of benzene rings is 1. The Morgan fingerprint density at radius 3 is 2.37 bits per heavy atom. The zero-order chi connectivity index (χ0) is 13.9. The predicted octanol–water partition coefficient (Wildman–Crippen LogP) is 1.26. The second kappa shape index (κ2) is 5.80. The molecule has 0 unspecified atom stereocenters. The summed E-state index contributed by atoms with van der Waals surface area (Å²) < 4.78 is 29.9. The lowest BCUT2D eigenvalue weighted by Crippen LogP contribution is -2.49. The molecule has 1 aliphatic rings. The summed E-state index contributed by atoms with van der Waals surface area (Å²) in [6, 6.07) is 6.63. The minimum absolute atomic E-state index is 0.171. The van der Waals surface area contributed by atoms with Gasteiger partial charge in [0.05, 0.1) is 4.90 Å². The lowest BCUT2D eigenvalue weighted by atomic mass is 10.2. The molecule has 1 aromatic carbocycles. The summed E-state index contributed by atoms with van der Waals surface area (Å²) in [6.07, 6.45) is 0. The van der Waals surface area contributed by atoms with Gasteiger partial charge in [-0.3, -0.25) is 10.6 Å². The Morgan fingerprint density at radius 1 is 1.26 bits per heavy atom. The van der Waals surface area contributed by atoms with Crippen LogP contribution in [0.15, 0.2) is 29.2 Å². The molecule has 0 bridgehead atoms. The molecule has 2 N–H and O–H groups in total. The number of rotatable bonds is 5. The fraction of sp³-hybridized carbons (Fsp3) is 0.500. The van der Waals surface area contributed by atoms with E-state index in [9.17, 15) is 8.42 Å². The van der Waals surface area contributed by atoms with Crippen LogP contribution in [0.2, 0.25) is 0 Å². The second-order valence-corrected chi connectivity index (χ2v) is 7.24. The molecule has 2 rings (SSSR count). The molecule has 0 aliphatic carbocycles. The van der Waals surface area contributed by atoms with Crippen molar-refractivity contribution in [2.75, 3.05) is 18.8 Å². The lowest BCUT2D eigenvalue weighted by Gasteiger charge is -2.27. The topological polar surface area (TPSA) is 67.4 Å². The van der Waals surface area contributed by atoms with Crippen molar-refractivity contribution in [1.29, 1.82) is 0 Å². The van der Waals surface area contributed by atoms with Gasteiger partial charge in [-0.25, -0.2) is 4.18 Å². The highest BCUT2D eigenvalue weighted by Crippen LogP contribution is 2.28. The lowest BCUT2D eigenvalue weighted by molar-refractivity contribution is 0.136. The highest BCUT2D eigenvalue weighted by Gasteiger charge is 2.39. The number of thioether (sulfide) groups is 1. The highest BCUT2D eigenvalue weighted by molar-refractivity contribution is 8.01. The monoisotopic (exact) mass is 302 g/mol. The van der Waals surface area contributed by atoms with E-state index in [0.29, 0.717) is 13.1 Å². The van der Waals surface area contributed by atoms with Crippen molar-refractivity contribution in [1.82, 2.24) is 10.6 Å². The smallest absolute Gasteiger partial charge is 0.265 e. The van der Waals surface area contributed by atoms with Crippen LogP contribution >= 0.6 is 11.8 Å². The molecule has 1 aromatic rings. The first-order valence-electron chi connectivity index (χ1n) is 6.14. The summed E-state index contributed by atoms with van der Waals surface area (Å²) in [5, 5.41) is 5.07. The van der Waals surface area contributed by atoms with Crippen LogP contribution in [0.4, 0.5) is 0 Å². The summed E-state index contributed by atoms with van der Waals surface area (Å²) in [5.74, 6) is 0.740. The van der Waals surface area contributed by atoms with Crippen LogP contribution in [0.25, 0.3) is 0 Å². The maximum atomic E-state index is 12.3. The molecule has 5 nitrogen and oxygen atoms in total. The van der Waals surface area contributed by atoms with Gasteiger partial charge in [0, 0.05) is 13.1 Å². The second-order valence-electron chi connectivity index (χ2n) is 4.25. The van der Waals surface area contributed by atoms with Crippen molar-refractivity contribution in [2.45, 2.75) is 23.9 Å². The van der Waals surface area contributed by atoms with Gasteiger partial charge < -0.3 is 0 Å². The maximum absolute atomic E-state index is 12.3. The Balaban J connectivity index is 2.22. The third-order valence-corrected chi connectivity index (χ3v) is 5.22. The number of hydrogen-bond acceptors (Lipinski definition) is 6. The third-order valence-electron chi connectivity index (χ3n) is 2.72. The van der Waals surface area contributed by atoms with E-state index >= 15 is 0 Å². The minimum atomic E-state index is -3.79. The first kappa shape index (κ1) is 14.8. The van der Waals surface area contributed by atoms with Crippen LogP contribution in [-0.2, 0) is 14.3 Å². The zero-order valence-corrected chi connectivity index (χ0v) is 12.6. The van der Waals surface area contributed by atoms with Crippen molar-refractivity contribution in [3.63, 3.8) is 0 Å². The van der Waals surface area contributed by atoms with E-state index in [1.807, 2.05) is 13.8 Å². The van der Waals surface area contributed by atoms with E-state index in [4.69, 9.17) is 4.18 Å². The van der Waals surface area contributed by atoms with Gasteiger partial charge in [0.25, 0.3) is 0 Å². The van der Waals surface area contributed by atoms with E-state index in [2.05, 4.69) is 10.6 Å². The van der Waals surface area contributed by atoms with Gasteiger partial charge in [-0.2, -0.15) is 8.42 Å². The average Bonchev–Trinajstić information content (AvgIpc) is 2.77. The Labute approximate surface area is 118 Å². The molecule has 19 heavy (non-hydrogen) atoms. The molecule has 1 heterocycles. The quantitative estimate of drug-likeness (QED) is 0.630. The Morgan fingerprint density at radius 2 is 1.84 bits per heavy atom. The maximum Gasteiger partial charge on any atom is 0.300 e. The third kappa shape index (κ3) is 3.49. The molecule has 1 aliphatic heterocycles. The predicted molar refractivity (Wildman–Crippen MR) is 76.3 cm³/mol. The minimum Gasteiger partial charge on any atom is -0.265 e. The number of aryl methyl sites for hydroxylation is 1. The van der Waals surface area contributed by atoms with Crippen LogP contribution in [0.1, 0.15) is 12.5 Å². The molecular weight excluding hydrogens is 284 g/mol. The van der Waals surface area contributed by atoms with Crippen LogP contribution in [0, 0.1) is 6.92 Å². The molecule has 0 radical (unpaired) electrons. The summed E-state index contributed by atoms with van der Waals surface area (Å²) in [4.78, 5) is 0.171. The fourth-order valence-corrected chi connectivity index (χ4v) is 4.08. The zero-order valence-electron chi connectivity index (χ0n) is 11.0. The number of nitrogens with one attached hydrogen (secondary N) is 2. The van der Waals surface area contributed by atoms with Gasteiger partial charge in [0.15, 0.2) is 0 Å². The van der Waals surface area contributed by atoms with Gasteiger partial charge in [-0.1, -0.05) is 36.4 Å². The van der Waals surface area contributed by atoms with Gasteiger partial charge >= 0.3 is 10.1 Å².